The second-order valence-corrected chi connectivity index (χ2v) is 5.46. The van der Waals surface area contributed by atoms with Crippen LogP contribution in [0.4, 0.5) is 11.6 Å². The number of aryl methyl sites for hydroxylation is 1. The van der Waals surface area contributed by atoms with E-state index in [1.54, 1.807) is 24.3 Å². The van der Waals surface area contributed by atoms with Crippen molar-refractivity contribution < 1.29 is 5.11 Å². The predicted molar refractivity (Wildman–Crippen MR) is 83.3 cm³/mol. The molecule has 3 heterocycles. The van der Waals surface area contributed by atoms with Crippen molar-refractivity contribution in [3.63, 3.8) is 0 Å². The molecule has 0 saturated heterocycles. The van der Waals surface area contributed by atoms with Gasteiger partial charge in [0.15, 0.2) is 5.82 Å². The Morgan fingerprint density at radius 1 is 1.09 bits per heavy atom. The number of fused-ring (bicyclic) bond motifs is 2. The lowest BCUT2D eigenvalue weighted by molar-refractivity contribution is 0.475. The highest BCUT2D eigenvalue weighted by Crippen LogP contribution is 2.42. The summed E-state index contributed by atoms with van der Waals surface area (Å²) < 4.78 is 0. The number of aromatic amines is 3. The van der Waals surface area contributed by atoms with E-state index >= 15 is 0 Å². The van der Waals surface area contributed by atoms with Crippen LogP contribution >= 0.6 is 0 Å². The zero-order chi connectivity index (χ0) is 16.1. The Hall–Kier alpha value is -3.29. The molecule has 1 aliphatic heterocycles. The summed E-state index contributed by atoms with van der Waals surface area (Å²) >= 11 is 0. The number of hydrogen-bond acceptors (Lipinski definition) is 5. The number of H-pyrrole nitrogens is 3. The SMILES string of the molecule is Cc1[nH]nc2c1[C@H](c1ccc(O)cc1)c1c([nH]c(=O)[nH]c1=O)N2. The molecule has 0 aliphatic carbocycles. The van der Waals surface area contributed by atoms with E-state index < -0.39 is 17.2 Å². The predicted octanol–water partition coefficient (Wildman–Crippen LogP) is 1.04. The molecule has 116 valence electrons. The highest BCUT2D eigenvalue weighted by molar-refractivity contribution is 5.71. The van der Waals surface area contributed by atoms with E-state index in [-0.39, 0.29) is 5.75 Å². The number of nitrogens with one attached hydrogen (secondary N) is 4. The number of nitrogens with zero attached hydrogens (tertiary/aromatic N) is 1. The number of benzene rings is 1. The van der Waals surface area contributed by atoms with E-state index in [2.05, 4.69) is 25.5 Å². The number of aromatic hydroxyl groups is 1. The molecule has 0 saturated carbocycles. The monoisotopic (exact) mass is 311 g/mol. The number of hydrogen-bond donors (Lipinski definition) is 5. The van der Waals surface area contributed by atoms with Crippen LogP contribution in [0.3, 0.4) is 0 Å². The maximum Gasteiger partial charge on any atom is 0.327 e. The Balaban J connectivity index is 2.04. The summed E-state index contributed by atoms with van der Waals surface area (Å²) in [5.41, 5.74) is 1.84. The smallest absolute Gasteiger partial charge is 0.327 e. The van der Waals surface area contributed by atoms with Crippen molar-refractivity contribution in [3.05, 3.63) is 67.5 Å². The van der Waals surface area contributed by atoms with Gasteiger partial charge in [0.25, 0.3) is 5.56 Å². The Kier molecular flexibility index (Phi) is 2.68. The van der Waals surface area contributed by atoms with E-state index in [4.69, 9.17) is 0 Å². The summed E-state index contributed by atoms with van der Waals surface area (Å²) in [6.45, 7) is 1.87. The van der Waals surface area contributed by atoms with Crippen LogP contribution in [0.25, 0.3) is 0 Å². The Morgan fingerprint density at radius 2 is 1.83 bits per heavy atom. The van der Waals surface area contributed by atoms with Gasteiger partial charge in [-0.2, -0.15) is 5.10 Å². The third-order valence-corrected chi connectivity index (χ3v) is 4.02. The first-order valence-electron chi connectivity index (χ1n) is 7.02. The van der Waals surface area contributed by atoms with Gasteiger partial charge < -0.3 is 10.4 Å². The summed E-state index contributed by atoms with van der Waals surface area (Å²) in [7, 11) is 0. The molecule has 0 bridgehead atoms. The second kappa shape index (κ2) is 4.60. The maximum absolute atomic E-state index is 12.4. The van der Waals surface area contributed by atoms with E-state index in [1.165, 1.54) is 0 Å². The molecule has 4 rings (SSSR count). The quantitative estimate of drug-likeness (QED) is 0.359. The minimum Gasteiger partial charge on any atom is -0.508 e. The Labute approximate surface area is 129 Å². The Bertz CT molecular complexity index is 1010. The average molecular weight is 311 g/mol. The molecular weight excluding hydrogens is 298 g/mol. The molecule has 23 heavy (non-hydrogen) atoms. The molecule has 5 N–H and O–H groups in total. The number of anilines is 2. The number of phenols is 1. The van der Waals surface area contributed by atoms with Crippen LogP contribution in [0.1, 0.15) is 28.3 Å². The molecule has 0 amide bonds. The van der Waals surface area contributed by atoms with Gasteiger partial charge in [0, 0.05) is 17.2 Å². The molecule has 3 aromatic rings. The molecule has 1 aliphatic rings. The van der Waals surface area contributed by atoms with Gasteiger partial charge in [0.05, 0.1) is 5.56 Å². The van der Waals surface area contributed by atoms with Gasteiger partial charge in [-0.05, 0) is 24.6 Å². The highest BCUT2D eigenvalue weighted by atomic mass is 16.3. The third kappa shape index (κ3) is 1.95. The first-order valence-corrected chi connectivity index (χ1v) is 7.02. The van der Waals surface area contributed by atoms with Crippen LogP contribution in [0.5, 0.6) is 5.75 Å². The van der Waals surface area contributed by atoms with Crippen LogP contribution in [0, 0.1) is 6.92 Å². The van der Waals surface area contributed by atoms with Crippen molar-refractivity contribution in [2.75, 3.05) is 5.32 Å². The first kappa shape index (κ1) is 13.4. The van der Waals surface area contributed by atoms with E-state index in [0.29, 0.717) is 17.2 Å². The lowest BCUT2D eigenvalue weighted by atomic mass is 9.83. The highest BCUT2D eigenvalue weighted by Gasteiger charge is 2.33. The first-order chi connectivity index (χ1) is 11.0. The summed E-state index contributed by atoms with van der Waals surface area (Å²) in [5.74, 6) is 0.633. The normalized spacial score (nSPS) is 15.6. The lowest BCUT2D eigenvalue weighted by Gasteiger charge is -2.25. The van der Waals surface area contributed by atoms with Gasteiger partial charge in [-0.25, -0.2) is 4.79 Å². The molecule has 0 radical (unpaired) electrons. The van der Waals surface area contributed by atoms with E-state index in [1.807, 2.05) is 6.92 Å². The zero-order valence-electron chi connectivity index (χ0n) is 12.1. The van der Waals surface area contributed by atoms with Crippen molar-refractivity contribution in [2.24, 2.45) is 0 Å². The van der Waals surface area contributed by atoms with Gasteiger partial charge in [0.1, 0.15) is 11.6 Å². The lowest BCUT2D eigenvalue weighted by Crippen LogP contribution is -2.31. The van der Waals surface area contributed by atoms with Crippen molar-refractivity contribution in [1.29, 1.82) is 0 Å². The fourth-order valence-electron chi connectivity index (χ4n) is 3.02. The molecule has 8 heteroatoms. The third-order valence-electron chi connectivity index (χ3n) is 4.02. The van der Waals surface area contributed by atoms with Gasteiger partial charge >= 0.3 is 5.69 Å². The van der Waals surface area contributed by atoms with Crippen molar-refractivity contribution in [2.45, 2.75) is 12.8 Å². The summed E-state index contributed by atoms with van der Waals surface area (Å²) in [4.78, 5) is 28.8. The fourth-order valence-corrected chi connectivity index (χ4v) is 3.02. The summed E-state index contributed by atoms with van der Waals surface area (Å²) in [6.07, 6.45) is 0. The van der Waals surface area contributed by atoms with Crippen LogP contribution in [0.2, 0.25) is 0 Å². The molecule has 0 fully saturated rings. The van der Waals surface area contributed by atoms with Crippen LogP contribution < -0.4 is 16.6 Å². The largest absolute Gasteiger partial charge is 0.508 e. The van der Waals surface area contributed by atoms with Crippen LogP contribution in [-0.2, 0) is 0 Å². The number of phenolic OH excluding ortho intramolecular Hbond substituents is 1. The molecule has 8 nitrogen and oxygen atoms in total. The molecule has 2 aromatic heterocycles. The summed E-state index contributed by atoms with van der Waals surface area (Å²) in [5, 5.41) is 19.6. The topological polar surface area (TPSA) is 127 Å². The van der Waals surface area contributed by atoms with Gasteiger partial charge in [-0.3, -0.25) is 19.9 Å². The van der Waals surface area contributed by atoms with Crippen molar-refractivity contribution in [1.82, 2.24) is 20.2 Å². The van der Waals surface area contributed by atoms with Crippen molar-refractivity contribution in [3.8, 4) is 5.75 Å². The molecule has 1 atom stereocenters. The second-order valence-electron chi connectivity index (χ2n) is 5.46. The van der Waals surface area contributed by atoms with E-state index in [0.717, 1.165) is 16.8 Å². The maximum atomic E-state index is 12.4. The minimum absolute atomic E-state index is 0.141. The van der Waals surface area contributed by atoms with Gasteiger partial charge in [0.2, 0.25) is 0 Å². The van der Waals surface area contributed by atoms with E-state index in [9.17, 15) is 14.7 Å². The molecular formula is C15H13N5O3. The van der Waals surface area contributed by atoms with Crippen LogP contribution in [-0.4, -0.2) is 25.3 Å². The molecule has 1 aromatic carbocycles. The zero-order valence-corrected chi connectivity index (χ0v) is 12.1. The van der Waals surface area contributed by atoms with Crippen LogP contribution in [0.15, 0.2) is 33.9 Å². The molecule has 0 unspecified atom stereocenters. The Morgan fingerprint density at radius 3 is 2.57 bits per heavy atom. The fraction of sp³-hybridized carbons (Fsp3) is 0.133. The van der Waals surface area contributed by atoms with Crippen molar-refractivity contribution >= 4 is 11.6 Å². The number of aromatic nitrogens is 4. The molecule has 0 spiro atoms. The standard InChI is InChI=1S/C15H13N5O3/c1-6-9-10(7-2-4-8(21)5-3-7)11-12(16-13(9)20-19-6)17-15(23)18-14(11)22/h2-5,10,21H,1H3,(H4,16,17,18,19,20,22,23)/t10-/m0/s1. The number of rotatable bonds is 1. The summed E-state index contributed by atoms with van der Waals surface area (Å²) in [6, 6.07) is 6.61. The van der Waals surface area contributed by atoms with Gasteiger partial charge in [-0.1, -0.05) is 12.1 Å². The minimum atomic E-state index is -0.582. The van der Waals surface area contributed by atoms with Gasteiger partial charge in [-0.15, -0.1) is 0 Å². The average Bonchev–Trinajstić information content (AvgIpc) is 2.87.